The molecule has 0 saturated carbocycles. The Morgan fingerprint density at radius 3 is 2.66 bits per heavy atom. The first-order valence-corrected chi connectivity index (χ1v) is 11.4. The van der Waals surface area contributed by atoms with Crippen LogP contribution in [0.1, 0.15) is 10.4 Å². The zero-order valence-electron chi connectivity index (χ0n) is 18.2. The Morgan fingerprint density at radius 1 is 1.11 bits per heavy atom. The molecule has 2 aromatic carbocycles. The Morgan fingerprint density at radius 2 is 1.89 bits per heavy atom. The number of morpholine rings is 1. The second-order valence-corrected chi connectivity index (χ2v) is 8.66. The van der Waals surface area contributed by atoms with E-state index in [9.17, 15) is 18.0 Å². The van der Waals surface area contributed by atoms with Gasteiger partial charge in [-0.15, -0.1) is 25.6 Å². The van der Waals surface area contributed by atoms with E-state index in [0.29, 0.717) is 58.7 Å². The van der Waals surface area contributed by atoms with Gasteiger partial charge in [-0.25, -0.2) is 4.98 Å². The Balaban J connectivity index is 0.00000289. The summed E-state index contributed by atoms with van der Waals surface area (Å²) >= 11 is 1.13. The quantitative estimate of drug-likeness (QED) is 0.469. The van der Waals surface area contributed by atoms with E-state index in [1.807, 2.05) is 0 Å². The van der Waals surface area contributed by atoms with E-state index in [-0.39, 0.29) is 30.9 Å². The zero-order chi connectivity index (χ0) is 23.7. The van der Waals surface area contributed by atoms with Crippen molar-refractivity contribution in [3.05, 3.63) is 42.0 Å². The highest BCUT2D eigenvalue weighted by Gasteiger charge is 2.31. The summed E-state index contributed by atoms with van der Waals surface area (Å²) in [7, 11) is 0. The summed E-state index contributed by atoms with van der Waals surface area (Å²) < 4.78 is 58.5. The molecule has 0 atom stereocenters. The van der Waals surface area contributed by atoms with Crippen LogP contribution in [0.3, 0.4) is 0 Å². The van der Waals surface area contributed by atoms with Crippen molar-refractivity contribution in [2.24, 2.45) is 0 Å². The number of fused-ring (bicyclic) bond motifs is 2. The third-order valence-electron chi connectivity index (χ3n) is 5.42. The molecule has 35 heavy (non-hydrogen) atoms. The minimum absolute atomic E-state index is 0. The van der Waals surface area contributed by atoms with E-state index in [0.717, 1.165) is 24.4 Å². The van der Waals surface area contributed by atoms with Crippen molar-refractivity contribution in [2.75, 3.05) is 51.1 Å². The SMILES string of the molecule is Cl.O=C(c1ccc2c(c1)OCO2)N(CCN1CCOCC1)c1nc2ccc(OC(F)(F)F)cc2s1. The minimum Gasteiger partial charge on any atom is -0.454 e. The number of benzene rings is 2. The summed E-state index contributed by atoms with van der Waals surface area (Å²) in [6, 6.07) is 8.87. The van der Waals surface area contributed by atoms with Crippen molar-refractivity contribution in [2.45, 2.75) is 6.36 Å². The Hall–Kier alpha value is -2.80. The van der Waals surface area contributed by atoms with Gasteiger partial charge in [0.05, 0.1) is 23.4 Å². The molecule has 5 rings (SSSR count). The number of hydrogen-bond acceptors (Lipinski definition) is 8. The van der Waals surface area contributed by atoms with Crippen molar-refractivity contribution in [1.29, 1.82) is 0 Å². The van der Waals surface area contributed by atoms with Gasteiger partial charge in [0.25, 0.3) is 5.91 Å². The summed E-state index contributed by atoms with van der Waals surface area (Å²) in [5, 5.41) is 0.384. The van der Waals surface area contributed by atoms with Crippen molar-refractivity contribution in [1.82, 2.24) is 9.88 Å². The number of aromatic nitrogens is 1. The van der Waals surface area contributed by atoms with Crippen LogP contribution < -0.4 is 19.1 Å². The molecule has 0 radical (unpaired) electrons. The third kappa shape index (κ3) is 5.89. The van der Waals surface area contributed by atoms with Gasteiger partial charge >= 0.3 is 6.36 Å². The predicted octanol–water partition coefficient (Wildman–Crippen LogP) is 4.32. The van der Waals surface area contributed by atoms with Crippen LogP contribution in [-0.2, 0) is 4.74 Å². The lowest BCUT2D eigenvalue weighted by atomic mass is 10.1. The molecule has 0 spiro atoms. The molecule has 3 heterocycles. The standard InChI is InChI=1S/C22H20F3N3O5S.ClH/c23-22(24,25)33-15-2-3-16-19(12-15)34-21(26-16)28(6-5-27-7-9-30-10-8-27)20(29)14-1-4-17-18(11-14)32-13-31-17;/h1-4,11-12H,5-10,13H2;1H. The van der Waals surface area contributed by atoms with Gasteiger partial charge in [-0.3, -0.25) is 14.6 Å². The lowest BCUT2D eigenvalue weighted by Crippen LogP contribution is -2.43. The smallest absolute Gasteiger partial charge is 0.454 e. The van der Waals surface area contributed by atoms with Crippen LogP contribution >= 0.6 is 23.7 Å². The van der Waals surface area contributed by atoms with Gasteiger partial charge in [0.1, 0.15) is 5.75 Å². The van der Waals surface area contributed by atoms with E-state index in [4.69, 9.17) is 14.2 Å². The molecule has 0 aliphatic carbocycles. The van der Waals surface area contributed by atoms with E-state index < -0.39 is 6.36 Å². The number of alkyl halides is 3. The molecule has 1 fully saturated rings. The number of anilines is 1. The van der Waals surface area contributed by atoms with Gasteiger partial charge in [-0.05, 0) is 30.3 Å². The molecule has 2 aliphatic heterocycles. The van der Waals surface area contributed by atoms with Crippen LogP contribution in [0.2, 0.25) is 0 Å². The molecule has 0 bridgehead atoms. The second kappa shape index (κ2) is 10.4. The Bertz CT molecular complexity index is 1200. The summed E-state index contributed by atoms with van der Waals surface area (Å²) in [6.45, 7) is 3.79. The summed E-state index contributed by atoms with van der Waals surface area (Å²) in [5.74, 6) is 0.417. The maximum atomic E-state index is 13.5. The van der Waals surface area contributed by atoms with E-state index >= 15 is 0 Å². The van der Waals surface area contributed by atoms with Crippen LogP contribution in [0.4, 0.5) is 18.3 Å². The van der Waals surface area contributed by atoms with Gasteiger partial charge in [-0.2, -0.15) is 0 Å². The predicted molar refractivity (Wildman–Crippen MR) is 125 cm³/mol. The third-order valence-corrected chi connectivity index (χ3v) is 6.46. The normalized spacial score (nSPS) is 15.6. The molecule has 8 nitrogen and oxygen atoms in total. The summed E-state index contributed by atoms with van der Waals surface area (Å²) in [5.41, 5.74) is 0.871. The van der Waals surface area contributed by atoms with E-state index in [2.05, 4.69) is 14.6 Å². The molecular weight excluding hydrogens is 511 g/mol. The number of nitrogens with zero attached hydrogens (tertiary/aromatic N) is 3. The molecule has 1 saturated heterocycles. The van der Waals surface area contributed by atoms with E-state index in [1.54, 1.807) is 23.1 Å². The van der Waals surface area contributed by atoms with Gasteiger partial charge in [0, 0.05) is 37.8 Å². The topological polar surface area (TPSA) is 73.4 Å². The first kappa shape index (κ1) is 25.3. The average Bonchev–Trinajstić information content (AvgIpc) is 3.44. The maximum Gasteiger partial charge on any atom is 0.573 e. The maximum absolute atomic E-state index is 13.5. The van der Waals surface area contributed by atoms with Crippen molar-refractivity contribution < 1.29 is 36.9 Å². The van der Waals surface area contributed by atoms with Crippen molar-refractivity contribution in [3.63, 3.8) is 0 Å². The fraction of sp³-hybridized carbons (Fsp3) is 0.364. The summed E-state index contributed by atoms with van der Waals surface area (Å²) in [4.78, 5) is 21.8. The molecule has 2 aliphatic rings. The van der Waals surface area contributed by atoms with Gasteiger partial charge < -0.3 is 18.9 Å². The molecule has 1 amide bonds. The second-order valence-electron chi connectivity index (χ2n) is 7.65. The number of rotatable bonds is 6. The average molecular weight is 532 g/mol. The first-order valence-electron chi connectivity index (χ1n) is 10.5. The monoisotopic (exact) mass is 531 g/mol. The van der Waals surface area contributed by atoms with Crippen LogP contribution in [0.5, 0.6) is 17.2 Å². The van der Waals surface area contributed by atoms with Crippen LogP contribution in [0.15, 0.2) is 36.4 Å². The molecule has 0 unspecified atom stereocenters. The Kier molecular flexibility index (Phi) is 7.55. The molecule has 0 N–H and O–H groups in total. The zero-order valence-corrected chi connectivity index (χ0v) is 19.9. The fourth-order valence-electron chi connectivity index (χ4n) is 3.74. The fourth-order valence-corrected chi connectivity index (χ4v) is 4.76. The Labute approximate surface area is 208 Å². The highest BCUT2D eigenvalue weighted by Crippen LogP contribution is 2.36. The van der Waals surface area contributed by atoms with Crippen LogP contribution in [0, 0.1) is 0 Å². The summed E-state index contributed by atoms with van der Waals surface area (Å²) in [6.07, 6.45) is -4.79. The highest BCUT2D eigenvalue weighted by molar-refractivity contribution is 7.22. The first-order chi connectivity index (χ1) is 16.4. The van der Waals surface area contributed by atoms with Crippen molar-refractivity contribution in [3.8, 4) is 17.2 Å². The number of carbonyl (C=O) groups is 1. The number of halogens is 4. The lowest BCUT2D eigenvalue weighted by molar-refractivity contribution is -0.274. The number of hydrogen-bond donors (Lipinski definition) is 0. The van der Waals surface area contributed by atoms with E-state index in [1.165, 1.54) is 18.2 Å². The van der Waals surface area contributed by atoms with Gasteiger partial charge in [0.2, 0.25) is 6.79 Å². The number of carbonyl (C=O) groups excluding carboxylic acids is 1. The number of ether oxygens (including phenoxy) is 4. The highest BCUT2D eigenvalue weighted by atomic mass is 35.5. The lowest BCUT2D eigenvalue weighted by Gasteiger charge is -2.29. The molecule has 188 valence electrons. The van der Waals surface area contributed by atoms with Crippen LogP contribution in [-0.4, -0.2) is 68.3 Å². The van der Waals surface area contributed by atoms with Gasteiger partial charge in [-0.1, -0.05) is 11.3 Å². The van der Waals surface area contributed by atoms with Crippen molar-refractivity contribution >= 4 is 45.0 Å². The molecule has 1 aromatic heterocycles. The number of thiazole rings is 1. The molecule has 3 aromatic rings. The number of amides is 1. The molecular formula is C22H21ClF3N3O5S. The molecule has 13 heteroatoms. The minimum atomic E-state index is -4.79. The largest absolute Gasteiger partial charge is 0.573 e. The van der Waals surface area contributed by atoms with Crippen LogP contribution in [0.25, 0.3) is 10.2 Å². The van der Waals surface area contributed by atoms with Gasteiger partial charge in [0.15, 0.2) is 16.6 Å².